The fraction of sp³-hybridized carbons (Fsp3) is 0.567. The van der Waals surface area contributed by atoms with Gasteiger partial charge in [-0.25, -0.2) is 0 Å². The predicted molar refractivity (Wildman–Crippen MR) is 149 cm³/mol. The third-order valence-corrected chi connectivity index (χ3v) is 8.93. The zero-order valence-electron chi connectivity index (χ0n) is 22.8. The van der Waals surface area contributed by atoms with Crippen molar-refractivity contribution in [3.63, 3.8) is 0 Å². The summed E-state index contributed by atoms with van der Waals surface area (Å²) in [6, 6.07) is 5.27. The minimum absolute atomic E-state index is 0.157. The number of carbonyl (C=O) groups excluding carboxylic acids is 3. The van der Waals surface area contributed by atoms with Crippen molar-refractivity contribution >= 4 is 35.1 Å². The van der Waals surface area contributed by atoms with Gasteiger partial charge in [-0.3, -0.25) is 14.4 Å². The Morgan fingerprint density at radius 2 is 2.03 bits per heavy atom. The summed E-state index contributed by atoms with van der Waals surface area (Å²) in [5, 5.41) is 10.5. The number of para-hydroxylation sites is 1. The summed E-state index contributed by atoms with van der Waals surface area (Å²) in [6.45, 7) is 11.2. The second-order valence-electron chi connectivity index (χ2n) is 10.8. The first-order chi connectivity index (χ1) is 18.7. The molecule has 4 rings (SSSR count). The summed E-state index contributed by atoms with van der Waals surface area (Å²) in [6.07, 6.45) is 7.27. The first-order valence-corrected chi connectivity index (χ1v) is 14.2. The van der Waals surface area contributed by atoms with Crippen molar-refractivity contribution in [1.29, 1.82) is 0 Å². The summed E-state index contributed by atoms with van der Waals surface area (Å²) in [5.74, 6) is -2.93. The van der Waals surface area contributed by atoms with Crippen molar-refractivity contribution in [1.82, 2.24) is 4.90 Å². The van der Waals surface area contributed by atoms with Gasteiger partial charge in [0.2, 0.25) is 5.91 Å². The fourth-order valence-electron chi connectivity index (χ4n) is 6.76. The molecule has 0 aromatic heterocycles. The molecule has 0 saturated carbocycles. The van der Waals surface area contributed by atoms with Gasteiger partial charge in [0.1, 0.15) is 17.6 Å². The smallest absolute Gasteiger partial charge is 0.312 e. The van der Waals surface area contributed by atoms with E-state index < -0.39 is 41.1 Å². The number of amides is 2. The minimum atomic E-state index is -1.22. The van der Waals surface area contributed by atoms with Crippen molar-refractivity contribution in [2.45, 2.75) is 75.7 Å². The van der Waals surface area contributed by atoms with E-state index in [0.29, 0.717) is 36.4 Å². The number of carbonyl (C=O) groups is 3. The van der Waals surface area contributed by atoms with Crippen LogP contribution >= 0.6 is 11.6 Å². The molecule has 8 nitrogen and oxygen atoms in total. The van der Waals surface area contributed by atoms with Gasteiger partial charge in [0.05, 0.1) is 41.5 Å². The van der Waals surface area contributed by atoms with E-state index in [9.17, 15) is 19.5 Å². The van der Waals surface area contributed by atoms with Crippen molar-refractivity contribution < 1.29 is 29.0 Å². The van der Waals surface area contributed by atoms with Crippen LogP contribution in [0, 0.1) is 11.8 Å². The van der Waals surface area contributed by atoms with Gasteiger partial charge in [0, 0.05) is 6.54 Å². The van der Waals surface area contributed by atoms with Gasteiger partial charge in [-0.15, -0.1) is 13.2 Å². The van der Waals surface area contributed by atoms with Crippen LogP contribution < -0.4 is 4.90 Å². The second kappa shape index (κ2) is 11.8. The molecule has 3 heterocycles. The zero-order valence-corrected chi connectivity index (χ0v) is 23.6. The first-order valence-electron chi connectivity index (χ1n) is 13.8. The molecule has 1 aromatic carbocycles. The average molecular weight is 559 g/mol. The van der Waals surface area contributed by atoms with E-state index in [0.717, 1.165) is 12.8 Å². The normalized spacial score (nSPS) is 29.7. The molecule has 3 saturated heterocycles. The number of esters is 1. The number of ether oxygens (including phenoxy) is 2. The molecule has 3 aliphatic heterocycles. The number of aliphatic hydroxyl groups is 1. The van der Waals surface area contributed by atoms with Gasteiger partial charge >= 0.3 is 5.97 Å². The lowest BCUT2D eigenvalue weighted by Gasteiger charge is -2.38. The summed E-state index contributed by atoms with van der Waals surface area (Å²) in [5.41, 5.74) is -1.62. The highest BCUT2D eigenvalue weighted by Gasteiger charge is 2.79. The average Bonchev–Trinajstić information content (AvgIpc) is 3.55. The van der Waals surface area contributed by atoms with Gasteiger partial charge in [0.15, 0.2) is 0 Å². The molecule has 3 aliphatic rings. The number of allylic oxidation sites excluding steroid dienone is 1. The molecule has 2 amide bonds. The lowest BCUT2D eigenvalue weighted by atomic mass is 9.65. The molecule has 2 bridgehead atoms. The van der Waals surface area contributed by atoms with Crippen molar-refractivity contribution in [2.24, 2.45) is 11.8 Å². The van der Waals surface area contributed by atoms with E-state index in [4.69, 9.17) is 21.1 Å². The number of hydrogen-bond acceptors (Lipinski definition) is 6. The number of unbranched alkanes of at least 4 members (excludes halogenated alkanes) is 2. The zero-order chi connectivity index (χ0) is 28.4. The van der Waals surface area contributed by atoms with E-state index in [1.54, 1.807) is 37.3 Å². The molecule has 0 aliphatic carbocycles. The third kappa shape index (κ3) is 4.81. The number of benzene rings is 1. The molecule has 0 radical (unpaired) electrons. The summed E-state index contributed by atoms with van der Waals surface area (Å²) < 4.78 is 12.5. The summed E-state index contributed by atoms with van der Waals surface area (Å²) in [7, 11) is 0. The lowest BCUT2D eigenvalue weighted by molar-refractivity contribution is -0.162. The second-order valence-corrected chi connectivity index (χ2v) is 11.2. The standard InChI is InChI=1S/C30H39ClN2O6/c1-5-8-9-12-18-38-28(37)24-23-26(35)33(20(4)19-34)25(30(23)16-15-29(24,7-3)39-30)27(36)32(17-6-2)22-14-11-10-13-21(22)31/h5-6,10-11,13-14,20,23-25,34H,1-2,7-9,12,15-19H2,3-4H3/t20-,23+,24+,25?,29-,30?/m1/s1. The van der Waals surface area contributed by atoms with Gasteiger partial charge in [0.25, 0.3) is 5.91 Å². The van der Waals surface area contributed by atoms with Gasteiger partial charge in [-0.2, -0.15) is 0 Å². The van der Waals surface area contributed by atoms with Crippen LogP contribution in [-0.4, -0.2) is 70.8 Å². The van der Waals surface area contributed by atoms with Crippen LogP contribution in [0.25, 0.3) is 0 Å². The Labute approximate surface area is 235 Å². The molecule has 9 heteroatoms. The molecule has 39 heavy (non-hydrogen) atoms. The Balaban J connectivity index is 1.75. The number of halogens is 1. The van der Waals surface area contributed by atoms with Crippen LogP contribution in [0.3, 0.4) is 0 Å². The Morgan fingerprint density at radius 3 is 2.67 bits per heavy atom. The first kappa shape index (κ1) is 29.3. The maximum Gasteiger partial charge on any atom is 0.312 e. The number of nitrogens with zero attached hydrogens (tertiary/aromatic N) is 2. The van der Waals surface area contributed by atoms with E-state index in [1.807, 2.05) is 13.0 Å². The lowest BCUT2D eigenvalue weighted by Crippen LogP contribution is -2.58. The van der Waals surface area contributed by atoms with Crippen LogP contribution in [0.2, 0.25) is 5.02 Å². The highest BCUT2D eigenvalue weighted by atomic mass is 35.5. The third-order valence-electron chi connectivity index (χ3n) is 8.61. The van der Waals surface area contributed by atoms with Crippen LogP contribution in [0.15, 0.2) is 49.6 Å². The fourth-order valence-corrected chi connectivity index (χ4v) is 7.00. The van der Waals surface area contributed by atoms with Gasteiger partial charge in [-0.05, 0) is 57.6 Å². The number of anilines is 1. The number of hydrogen-bond donors (Lipinski definition) is 1. The van der Waals surface area contributed by atoms with Crippen molar-refractivity contribution in [2.75, 3.05) is 24.7 Å². The highest BCUT2D eigenvalue weighted by Crippen LogP contribution is 2.65. The van der Waals surface area contributed by atoms with Crippen LogP contribution in [0.5, 0.6) is 0 Å². The Morgan fingerprint density at radius 1 is 1.28 bits per heavy atom. The Hall–Kier alpha value is -2.68. The largest absolute Gasteiger partial charge is 0.465 e. The molecule has 2 unspecified atom stereocenters. The Bertz CT molecular complexity index is 1130. The SMILES string of the molecule is C=CCCCCOC(=O)[C@@H]1[C@H]2C(=O)N([C@H](C)CO)C(C(=O)N(CC=C)c3ccccc3Cl)C23CC[C@@]1(CC)O3. The van der Waals surface area contributed by atoms with Gasteiger partial charge in [-0.1, -0.05) is 42.8 Å². The quantitative estimate of drug-likeness (QED) is 0.220. The van der Waals surface area contributed by atoms with Gasteiger partial charge < -0.3 is 24.4 Å². The van der Waals surface area contributed by atoms with Crippen LogP contribution in [0.4, 0.5) is 5.69 Å². The van der Waals surface area contributed by atoms with E-state index in [1.165, 1.54) is 9.80 Å². The highest BCUT2D eigenvalue weighted by molar-refractivity contribution is 6.34. The van der Waals surface area contributed by atoms with Crippen LogP contribution in [-0.2, 0) is 23.9 Å². The molecule has 1 aromatic rings. The topological polar surface area (TPSA) is 96.4 Å². The maximum absolute atomic E-state index is 14.5. The molecule has 6 atom stereocenters. The van der Waals surface area contributed by atoms with E-state index in [2.05, 4.69) is 13.2 Å². The summed E-state index contributed by atoms with van der Waals surface area (Å²) >= 11 is 6.49. The number of fused-ring (bicyclic) bond motifs is 1. The van der Waals surface area contributed by atoms with E-state index >= 15 is 0 Å². The number of rotatable bonds is 13. The molecule has 3 fully saturated rings. The molecule has 212 valence electrons. The number of likely N-dealkylation sites (tertiary alicyclic amines) is 1. The number of aliphatic hydroxyl groups excluding tert-OH is 1. The van der Waals surface area contributed by atoms with Crippen molar-refractivity contribution in [3.8, 4) is 0 Å². The molecular weight excluding hydrogens is 520 g/mol. The monoisotopic (exact) mass is 558 g/mol. The maximum atomic E-state index is 14.5. The molecule has 1 N–H and O–H groups in total. The summed E-state index contributed by atoms with van der Waals surface area (Å²) in [4.78, 5) is 45.1. The minimum Gasteiger partial charge on any atom is -0.465 e. The van der Waals surface area contributed by atoms with Crippen molar-refractivity contribution in [3.05, 3.63) is 54.6 Å². The predicted octanol–water partition coefficient (Wildman–Crippen LogP) is 4.29. The van der Waals surface area contributed by atoms with Crippen LogP contribution in [0.1, 0.15) is 52.4 Å². The Kier molecular flexibility index (Phi) is 8.88. The van der Waals surface area contributed by atoms with E-state index in [-0.39, 0.29) is 31.6 Å². The molecule has 1 spiro atoms. The molecular formula is C30H39ClN2O6.